The van der Waals surface area contributed by atoms with Crippen LogP contribution in [0.4, 0.5) is 4.39 Å². The molecule has 1 aromatic rings. The molecule has 4 heteroatoms. The van der Waals surface area contributed by atoms with Crippen LogP contribution < -0.4 is 5.73 Å². The number of hydrogen-bond acceptors (Lipinski definition) is 2. The maximum Gasteiger partial charge on any atom is 0.236 e. The molecule has 0 atom stereocenters. The topological polar surface area (TPSA) is 46.3 Å². The maximum atomic E-state index is 13.4. The highest BCUT2D eigenvalue weighted by atomic mass is 19.1. The van der Waals surface area contributed by atoms with Crippen LogP contribution in [0.25, 0.3) is 0 Å². The first-order valence-corrected chi connectivity index (χ1v) is 5.40. The summed E-state index contributed by atoms with van der Waals surface area (Å²) in [5.74, 6) is -0.432. The largest absolute Gasteiger partial charge is 0.337 e. The minimum Gasteiger partial charge on any atom is -0.337 e. The normalized spacial score (nSPS) is 10.2. The Bertz CT molecular complexity index is 355. The molecule has 1 amide bonds. The molecule has 1 aromatic carbocycles. The van der Waals surface area contributed by atoms with Crippen molar-refractivity contribution in [3.63, 3.8) is 0 Å². The van der Waals surface area contributed by atoms with Crippen molar-refractivity contribution in [2.45, 2.75) is 19.9 Å². The Morgan fingerprint density at radius 2 is 2.12 bits per heavy atom. The lowest BCUT2D eigenvalue weighted by Gasteiger charge is -2.21. The molecule has 0 saturated carbocycles. The van der Waals surface area contributed by atoms with Gasteiger partial charge in [-0.25, -0.2) is 4.39 Å². The third kappa shape index (κ3) is 3.31. The number of carbonyl (C=O) groups excluding carboxylic acids is 1. The number of nitrogens with two attached hydrogens (primary N) is 1. The van der Waals surface area contributed by atoms with Crippen molar-refractivity contribution in [3.05, 3.63) is 35.6 Å². The third-order valence-electron chi connectivity index (χ3n) is 2.34. The SMILES string of the molecule is CCCN(Cc1ccccc1F)C(=O)CN. The standard InChI is InChI=1S/C12H17FN2O/c1-2-7-15(12(16)8-14)9-10-5-3-4-6-11(10)13/h3-6H,2,7-9,14H2,1H3. The lowest BCUT2D eigenvalue weighted by atomic mass is 10.2. The molecular weight excluding hydrogens is 207 g/mol. The highest BCUT2D eigenvalue weighted by Gasteiger charge is 2.12. The van der Waals surface area contributed by atoms with Gasteiger partial charge in [0.05, 0.1) is 6.54 Å². The summed E-state index contributed by atoms with van der Waals surface area (Å²) in [5, 5.41) is 0. The van der Waals surface area contributed by atoms with E-state index in [1.807, 2.05) is 6.92 Å². The maximum absolute atomic E-state index is 13.4. The molecule has 0 aliphatic heterocycles. The summed E-state index contributed by atoms with van der Waals surface area (Å²) in [7, 11) is 0. The Labute approximate surface area is 95.0 Å². The van der Waals surface area contributed by atoms with Crippen LogP contribution in [-0.4, -0.2) is 23.9 Å². The summed E-state index contributed by atoms with van der Waals surface area (Å²) in [6, 6.07) is 6.47. The van der Waals surface area contributed by atoms with Gasteiger partial charge in [-0.15, -0.1) is 0 Å². The molecule has 0 aromatic heterocycles. The lowest BCUT2D eigenvalue weighted by molar-refractivity contribution is -0.130. The van der Waals surface area contributed by atoms with E-state index in [1.54, 1.807) is 23.1 Å². The fraction of sp³-hybridized carbons (Fsp3) is 0.417. The zero-order valence-corrected chi connectivity index (χ0v) is 9.45. The highest BCUT2D eigenvalue weighted by molar-refractivity contribution is 5.78. The average Bonchev–Trinajstić information content (AvgIpc) is 2.30. The van der Waals surface area contributed by atoms with E-state index < -0.39 is 0 Å². The van der Waals surface area contributed by atoms with Crippen molar-refractivity contribution >= 4 is 5.91 Å². The van der Waals surface area contributed by atoms with Gasteiger partial charge >= 0.3 is 0 Å². The third-order valence-corrected chi connectivity index (χ3v) is 2.34. The summed E-state index contributed by atoms with van der Waals surface area (Å²) in [6.45, 7) is 2.83. The summed E-state index contributed by atoms with van der Waals surface area (Å²) < 4.78 is 13.4. The van der Waals surface area contributed by atoms with E-state index >= 15 is 0 Å². The van der Waals surface area contributed by atoms with Crippen molar-refractivity contribution in [1.82, 2.24) is 4.90 Å². The number of hydrogen-bond donors (Lipinski definition) is 1. The molecule has 88 valence electrons. The van der Waals surface area contributed by atoms with E-state index in [0.717, 1.165) is 6.42 Å². The van der Waals surface area contributed by atoms with Crippen molar-refractivity contribution in [3.8, 4) is 0 Å². The van der Waals surface area contributed by atoms with Gasteiger partial charge in [0.15, 0.2) is 0 Å². The van der Waals surface area contributed by atoms with E-state index in [0.29, 0.717) is 12.1 Å². The molecule has 0 aliphatic rings. The molecule has 0 radical (unpaired) electrons. The number of amides is 1. The average molecular weight is 224 g/mol. The minimum atomic E-state index is -0.284. The summed E-state index contributed by atoms with van der Waals surface area (Å²) in [4.78, 5) is 13.1. The number of carbonyl (C=O) groups is 1. The second kappa shape index (κ2) is 6.23. The molecule has 1 rings (SSSR count). The van der Waals surface area contributed by atoms with Crippen LogP contribution >= 0.6 is 0 Å². The van der Waals surface area contributed by atoms with Gasteiger partial charge in [-0.05, 0) is 12.5 Å². The Morgan fingerprint density at radius 1 is 1.44 bits per heavy atom. The molecule has 0 unspecified atom stereocenters. The zero-order chi connectivity index (χ0) is 12.0. The fourth-order valence-electron chi connectivity index (χ4n) is 1.52. The van der Waals surface area contributed by atoms with Crippen LogP contribution in [0.2, 0.25) is 0 Å². The van der Waals surface area contributed by atoms with Crippen LogP contribution in [0.5, 0.6) is 0 Å². The van der Waals surface area contributed by atoms with Gasteiger partial charge in [0.1, 0.15) is 5.82 Å². The van der Waals surface area contributed by atoms with Crippen molar-refractivity contribution in [2.24, 2.45) is 5.73 Å². The quantitative estimate of drug-likeness (QED) is 0.824. The van der Waals surface area contributed by atoms with Gasteiger partial charge in [-0.1, -0.05) is 25.1 Å². The Morgan fingerprint density at radius 3 is 2.69 bits per heavy atom. The second-order valence-corrected chi connectivity index (χ2v) is 3.61. The smallest absolute Gasteiger partial charge is 0.236 e. The summed E-state index contributed by atoms with van der Waals surface area (Å²) >= 11 is 0. The molecule has 0 heterocycles. The number of benzene rings is 1. The molecule has 3 nitrogen and oxygen atoms in total. The number of nitrogens with zero attached hydrogens (tertiary/aromatic N) is 1. The van der Waals surface area contributed by atoms with Gasteiger partial charge < -0.3 is 10.6 Å². The van der Waals surface area contributed by atoms with E-state index in [1.165, 1.54) is 6.07 Å². The first-order valence-electron chi connectivity index (χ1n) is 5.40. The van der Waals surface area contributed by atoms with Gasteiger partial charge in [-0.2, -0.15) is 0 Å². The zero-order valence-electron chi connectivity index (χ0n) is 9.45. The summed E-state index contributed by atoms with van der Waals surface area (Å²) in [6.07, 6.45) is 0.834. The first-order chi connectivity index (χ1) is 7.69. The lowest BCUT2D eigenvalue weighted by Crippen LogP contribution is -2.36. The fourth-order valence-corrected chi connectivity index (χ4v) is 1.52. The molecule has 0 saturated heterocycles. The van der Waals surface area contributed by atoms with Gasteiger partial charge in [0.25, 0.3) is 0 Å². The van der Waals surface area contributed by atoms with Gasteiger partial charge in [0.2, 0.25) is 5.91 Å². The minimum absolute atomic E-state index is 0.0333. The molecule has 0 spiro atoms. The molecule has 0 bridgehead atoms. The monoisotopic (exact) mass is 224 g/mol. The van der Waals surface area contributed by atoms with Crippen LogP contribution in [0, 0.1) is 5.82 Å². The van der Waals surface area contributed by atoms with Gasteiger partial charge in [0, 0.05) is 18.7 Å². The highest BCUT2D eigenvalue weighted by Crippen LogP contribution is 2.10. The number of halogens is 1. The predicted molar refractivity (Wildman–Crippen MR) is 61.2 cm³/mol. The molecule has 16 heavy (non-hydrogen) atoms. The second-order valence-electron chi connectivity index (χ2n) is 3.61. The van der Waals surface area contributed by atoms with E-state index in [9.17, 15) is 9.18 Å². The van der Waals surface area contributed by atoms with Crippen LogP contribution in [0.15, 0.2) is 24.3 Å². The predicted octanol–water partition coefficient (Wildman–Crippen LogP) is 1.52. The van der Waals surface area contributed by atoms with E-state index in [-0.39, 0.29) is 24.8 Å². The summed E-state index contributed by atoms with van der Waals surface area (Å²) in [5.41, 5.74) is 5.84. The van der Waals surface area contributed by atoms with E-state index in [2.05, 4.69) is 0 Å². The van der Waals surface area contributed by atoms with Crippen molar-refractivity contribution < 1.29 is 9.18 Å². The molecular formula is C12H17FN2O. The molecule has 2 N–H and O–H groups in total. The Kier molecular flexibility index (Phi) is 4.92. The van der Waals surface area contributed by atoms with Crippen molar-refractivity contribution in [1.29, 1.82) is 0 Å². The number of rotatable bonds is 5. The van der Waals surface area contributed by atoms with Crippen LogP contribution in [0.1, 0.15) is 18.9 Å². The molecule has 0 aliphatic carbocycles. The van der Waals surface area contributed by atoms with Gasteiger partial charge in [-0.3, -0.25) is 4.79 Å². The van der Waals surface area contributed by atoms with Crippen molar-refractivity contribution in [2.75, 3.05) is 13.1 Å². The molecule has 0 fully saturated rings. The Balaban J connectivity index is 2.75. The van der Waals surface area contributed by atoms with Crippen LogP contribution in [-0.2, 0) is 11.3 Å². The first kappa shape index (κ1) is 12.6. The van der Waals surface area contributed by atoms with Crippen LogP contribution in [0.3, 0.4) is 0 Å². The van der Waals surface area contributed by atoms with E-state index in [4.69, 9.17) is 5.73 Å². The Hall–Kier alpha value is -1.42.